The van der Waals surface area contributed by atoms with E-state index in [0.717, 1.165) is 6.92 Å². The van der Waals surface area contributed by atoms with Gasteiger partial charge in [0.25, 0.3) is 5.91 Å². The fraction of sp³-hybridized carbons (Fsp3) is 0.444. The topological polar surface area (TPSA) is 117 Å². The Hall–Kier alpha value is -4.14. The minimum Gasteiger partial charge on any atom is -0.450 e. The first-order valence-electron chi connectivity index (χ1n) is 12.4. The number of hydrogen-bond donors (Lipinski definition) is 1. The van der Waals surface area contributed by atoms with Crippen LogP contribution < -0.4 is 5.32 Å². The Bertz CT molecular complexity index is 1300. The molecule has 1 aromatic carbocycles. The zero-order valence-corrected chi connectivity index (χ0v) is 22.1. The summed E-state index contributed by atoms with van der Waals surface area (Å²) in [5.74, 6) is -4.63. The van der Waals surface area contributed by atoms with E-state index in [4.69, 9.17) is 10.00 Å². The molecule has 0 saturated heterocycles. The minimum atomic E-state index is -4.90. The van der Waals surface area contributed by atoms with Crippen LogP contribution in [0.4, 0.5) is 18.0 Å². The van der Waals surface area contributed by atoms with Gasteiger partial charge in [-0.05, 0) is 82.9 Å². The van der Waals surface area contributed by atoms with Crippen LogP contribution in [0, 0.1) is 17.2 Å². The summed E-state index contributed by atoms with van der Waals surface area (Å²) in [7, 11) is 0. The number of alkyl carbamates (subject to hydrolysis) is 1. The van der Waals surface area contributed by atoms with Crippen molar-refractivity contribution in [3.63, 3.8) is 0 Å². The first-order valence-corrected chi connectivity index (χ1v) is 12.4. The third-order valence-corrected chi connectivity index (χ3v) is 6.00. The lowest BCUT2D eigenvalue weighted by Crippen LogP contribution is -2.50. The van der Waals surface area contributed by atoms with E-state index in [1.54, 1.807) is 32.9 Å². The number of halogens is 3. The van der Waals surface area contributed by atoms with Gasteiger partial charge in [-0.2, -0.15) is 23.5 Å². The number of amides is 3. The molecule has 2 aromatic rings. The SMILES string of the molecule is CC1=C(c2ccnn2-c2ccc(C#N)cc2)C(=O)N(CCCCCOC(=O)NC(C)(C)C)C(=O)C1C(F)(F)F. The van der Waals surface area contributed by atoms with E-state index < -0.39 is 41.1 Å². The van der Waals surface area contributed by atoms with Crippen molar-refractivity contribution >= 4 is 23.5 Å². The van der Waals surface area contributed by atoms with Crippen LogP contribution in [0.2, 0.25) is 0 Å². The Kier molecular flexibility index (Phi) is 8.84. The van der Waals surface area contributed by atoms with Gasteiger partial charge in [-0.1, -0.05) is 0 Å². The average molecular weight is 546 g/mol. The molecule has 0 spiro atoms. The predicted molar refractivity (Wildman–Crippen MR) is 135 cm³/mol. The summed E-state index contributed by atoms with van der Waals surface area (Å²) < 4.78 is 48.5. The van der Waals surface area contributed by atoms with Crippen LogP contribution in [0.15, 0.2) is 42.1 Å². The van der Waals surface area contributed by atoms with Crippen molar-refractivity contribution in [3.05, 3.63) is 53.4 Å². The van der Waals surface area contributed by atoms with Crippen molar-refractivity contribution in [2.75, 3.05) is 13.2 Å². The third-order valence-electron chi connectivity index (χ3n) is 6.00. The number of benzene rings is 1. The highest BCUT2D eigenvalue weighted by molar-refractivity contribution is 6.27. The van der Waals surface area contributed by atoms with Gasteiger partial charge in [-0.3, -0.25) is 14.5 Å². The average Bonchev–Trinajstić information content (AvgIpc) is 3.30. The number of imide groups is 1. The van der Waals surface area contributed by atoms with E-state index in [1.165, 1.54) is 29.1 Å². The van der Waals surface area contributed by atoms with Crippen LogP contribution in [0.5, 0.6) is 0 Å². The lowest BCUT2D eigenvalue weighted by atomic mass is 9.87. The quantitative estimate of drug-likeness (QED) is 0.378. The van der Waals surface area contributed by atoms with Gasteiger partial charge >= 0.3 is 12.3 Å². The predicted octanol–water partition coefficient (Wildman–Crippen LogP) is 4.76. The number of alkyl halides is 3. The maximum Gasteiger partial charge on any atom is 0.407 e. The van der Waals surface area contributed by atoms with E-state index in [0.29, 0.717) is 29.0 Å². The lowest BCUT2D eigenvalue weighted by molar-refractivity contribution is -0.183. The highest BCUT2D eigenvalue weighted by Crippen LogP contribution is 2.41. The van der Waals surface area contributed by atoms with Crippen molar-refractivity contribution in [1.82, 2.24) is 20.0 Å². The van der Waals surface area contributed by atoms with Crippen LogP contribution in [-0.4, -0.2) is 57.5 Å². The molecule has 9 nitrogen and oxygen atoms in total. The molecule has 1 aliphatic rings. The zero-order valence-electron chi connectivity index (χ0n) is 22.1. The fourth-order valence-electron chi connectivity index (χ4n) is 4.23. The first-order chi connectivity index (χ1) is 18.2. The Morgan fingerprint density at radius 3 is 2.36 bits per heavy atom. The van der Waals surface area contributed by atoms with Crippen LogP contribution in [-0.2, 0) is 14.3 Å². The molecule has 1 N–H and O–H groups in total. The van der Waals surface area contributed by atoms with Crippen molar-refractivity contribution < 1.29 is 32.3 Å². The smallest absolute Gasteiger partial charge is 0.407 e. The number of nitrogens with zero attached hydrogens (tertiary/aromatic N) is 4. The molecule has 12 heteroatoms. The van der Waals surface area contributed by atoms with E-state index in [9.17, 15) is 27.6 Å². The molecule has 39 heavy (non-hydrogen) atoms. The number of nitriles is 1. The first kappa shape index (κ1) is 29.4. The molecule has 0 saturated carbocycles. The molecule has 2 heterocycles. The second kappa shape index (κ2) is 11.7. The Labute approximate surface area is 224 Å². The molecule has 0 bridgehead atoms. The molecule has 1 aromatic heterocycles. The summed E-state index contributed by atoms with van der Waals surface area (Å²) >= 11 is 0. The Morgan fingerprint density at radius 2 is 1.77 bits per heavy atom. The maximum absolute atomic E-state index is 14.0. The van der Waals surface area contributed by atoms with Gasteiger partial charge in [0.05, 0.1) is 41.4 Å². The van der Waals surface area contributed by atoms with Crippen molar-refractivity contribution in [1.29, 1.82) is 5.26 Å². The second-order valence-corrected chi connectivity index (χ2v) is 10.2. The van der Waals surface area contributed by atoms with Crippen LogP contribution in [0.3, 0.4) is 0 Å². The van der Waals surface area contributed by atoms with Gasteiger partial charge in [0.1, 0.15) is 0 Å². The lowest BCUT2D eigenvalue weighted by Gasteiger charge is -2.34. The molecule has 0 fully saturated rings. The maximum atomic E-state index is 14.0. The van der Waals surface area contributed by atoms with E-state index in [-0.39, 0.29) is 30.8 Å². The number of rotatable bonds is 8. The number of ether oxygens (including phenoxy) is 1. The van der Waals surface area contributed by atoms with Crippen LogP contribution in [0.1, 0.15) is 58.2 Å². The van der Waals surface area contributed by atoms with E-state index in [2.05, 4.69) is 10.4 Å². The van der Waals surface area contributed by atoms with Gasteiger partial charge in [0, 0.05) is 12.1 Å². The van der Waals surface area contributed by atoms with Crippen molar-refractivity contribution in [2.24, 2.45) is 5.92 Å². The highest BCUT2D eigenvalue weighted by Gasteiger charge is 2.53. The molecular formula is C27H30F3N5O4. The van der Waals surface area contributed by atoms with Gasteiger partial charge in [0.15, 0.2) is 5.92 Å². The largest absolute Gasteiger partial charge is 0.450 e. The van der Waals surface area contributed by atoms with Gasteiger partial charge in [-0.25, -0.2) is 9.48 Å². The van der Waals surface area contributed by atoms with Crippen molar-refractivity contribution in [2.45, 2.75) is 58.7 Å². The number of nitrogens with one attached hydrogen (secondary N) is 1. The summed E-state index contributed by atoms with van der Waals surface area (Å²) in [6, 6.07) is 9.56. The van der Waals surface area contributed by atoms with E-state index in [1.807, 2.05) is 6.07 Å². The number of aromatic nitrogens is 2. The van der Waals surface area contributed by atoms with Gasteiger partial charge in [0.2, 0.25) is 5.91 Å². The molecule has 3 amide bonds. The third kappa shape index (κ3) is 7.04. The number of hydrogen-bond acceptors (Lipinski definition) is 6. The fourth-order valence-corrected chi connectivity index (χ4v) is 4.23. The van der Waals surface area contributed by atoms with Crippen LogP contribution >= 0.6 is 0 Å². The highest BCUT2D eigenvalue weighted by atomic mass is 19.4. The summed E-state index contributed by atoms with van der Waals surface area (Å²) in [4.78, 5) is 38.7. The molecule has 0 aliphatic carbocycles. The second-order valence-electron chi connectivity index (χ2n) is 10.2. The van der Waals surface area contributed by atoms with Gasteiger partial charge in [-0.15, -0.1) is 0 Å². The summed E-state index contributed by atoms with van der Waals surface area (Å²) in [6.07, 6.45) is -3.09. The Balaban J connectivity index is 1.79. The number of unbranched alkanes of at least 4 members (excludes halogenated alkanes) is 2. The summed E-state index contributed by atoms with van der Waals surface area (Å²) in [5.41, 5.74) is -0.189. The van der Waals surface area contributed by atoms with Crippen molar-refractivity contribution in [3.8, 4) is 11.8 Å². The molecular weight excluding hydrogens is 515 g/mol. The summed E-state index contributed by atoms with van der Waals surface area (Å²) in [6.45, 7) is 6.41. The standard InChI is InChI=1S/C27H30F3N5O4/c1-17-21(20-12-13-32-35(20)19-10-8-18(16-31)9-11-19)23(36)34(24(37)22(17)27(28,29)30)14-6-5-7-15-39-25(38)33-26(2,3)4/h8-13,22H,5-7,14-15H2,1-4H3,(H,33,38). The minimum absolute atomic E-state index is 0.0863. The normalized spacial score (nSPS) is 16.4. The Morgan fingerprint density at radius 1 is 1.10 bits per heavy atom. The monoisotopic (exact) mass is 545 g/mol. The molecule has 3 rings (SSSR count). The molecule has 1 aliphatic heterocycles. The summed E-state index contributed by atoms with van der Waals surface area (Å²) in [5, 5.41) is 15.8. The van der Waals surface area contributed by atoms with Crippen LogP contribution in [0.25, 0.3) is 11.3 Å². The van der Waals surface area contributed by atoms with Gasteiger partial charge < -0.3 is 10.1 Å². The molecule has 208 valence electrons. The number of carbonyl (C=O) groups is 3. The zero-order chi connectivity index (χ0) is 29.0. The molecule has 1 unspecified atom stereocenters. The molecule has 1 atom stereocenters. The number of carbonyl (C=O) groups excluding carboxylic acids is 3. The van der Waals surface area contributed by atoms with E-state index >= 15 is 0 Å². The molecule has 0 radical (unpaired) electrons.